The molecule has 0 bridgehead atoms. The molecule has 0 aromatic carbocycles. The van der Waals surface area contributed by atoms with Gasteiger partial charge >= 0.3 is 5.97 Å². The fourth-order valence-electron chi connectivity index (χ4n) is 3.46. The molecule has 0 fully saturated rings. The fourth-order valence-corrected chi connectivity index (χ4v) is 3.46. The first-order chi connectivity index (χ1) is 13.7. The second-order valence-corrected chi connectivity index (χ2v) is 8.10. The quantitative estimate of drug-likeness (QED) is 0.518. The average molecular weight is 395 g/mol. The zero-order valence-electron chi connectivity index (χ0n) is 16.7. The molecule has 0 aliphatic rings. The number of rotatable bonds is 4. The number of H-pyrrole nitrogens is 1. The molecule has 0 amide bonds. The maximum Gasteiger partial charge on any atom is 0.308 e. The first-order valence-electron chi connectivity index (χ1n) is 9.38. The van der Waals surface area contributed by atoms with E-state index in [9.17, 15) is 9.18 Å². The van der Waals surface area contributed by atoms with Gasteiger partial charge < -0.3 is 14.3 Å². The lowest BCUT2D eigenvalue weighted by Gasteiger charge is -2.21. The zero-order chi connectivity index (χ0) is 20.8. The van der Waals surface area contributed by atoms with Crippen LogP contribution in [0.2, 0.25) is 0 Å². The van der Waals surface area contributed by atoms with Gasteiger partial charge in [-0.15, -0.1) is 0 Å². The highest BCUT2D eigenvalue weighted by atomic mass is 19.1. The molecule has 4 rings (SSSR count). The summed E-state index contributed by atoms with van der Waals surface area (Å²) in [6.07, 6.45) is 8.29. The summed E-state index contributed by atoms with van der Waals surface area (Å²) in [5.74, 6) is -0.683. The average Bonchev–Trinajstić information content (AvgIpc) is 3.20. The van der Waals surface area contributed by atoms with Gasteiger partial charge in [-0.05, 0) is 33.8 Å². The lowest BCUT2D eigenvalue weighted by atomic mass is 10.1. The van der Waals surface area contributed by atoms with Gasteiger partial charge in [-0.25, -0.2) is 19.3 Å². The van der Waals surface area contributed by atoms with Gasteiger partial charge in [0.1, 0.15) is 29.0 Å². The topological polar surface area (TPSA) is 85.7 Å². The number of pyridine rings is 1. The van der Waals surface area contributed by atoms with Crippen LogP contribution in [0, 0.1) is 5.82 Å². The van der Waals surface area contributed by atoms with Crippen LogP contribution in [0.5, 0.6) is 0 Å². The van der Waals surface area contributed by atoms with Crippen LogP contribution >= 0.6 is 0 Å². The van der Waals surface area contributed by atoms with Crippen molar-refractivity contribution in [1.82, 2.24) is 24.5 Å². The minimum atomic E-state index is -0.538. The van der Waals surface area contributed by atoms with Crippen LogP contribution in [0.1, 0.15) is 40.2 Å². The summed E-state index contributed by atoms with van der Waals surface area (Å²) in [7, 11) is 0. The van der Waals surface area contributed by atoms with E-state index in [0.29, 0.717) is 16.7 Å². The first kappa shape index (κ1) is 19.0. The highest BCUT2D eigenvalue weighted by Crippen LogP contribution is 2.35. The van der Waals surface area contributed by atoms with Crippen molar-refractivity contribution in [3.8, 4) is 11.1 Å². The van der Waals surface area contributed by atoms with E-state index < -0.39 is 11.4 Å². The van der Waals surface area contributed by atoms with Crippen molar-refractivity contribution in [2.24, 2.45) is 0 Å². The monoisotopic (exact) mass is 395 g/mol. The number of hydrogen-bond donors (Lipinski definition) is 1. The molecular formula is C21H22FN5O2. The third-order valence-corrected chi connectivity index (χ3v) is 4.64. The molecule has 1 unspecified atom stereocenters. The number of nitrogens with zero attached hydrogens (tertiary/aromatic N) is 4. The Morgan fingerprint density at radius 2 is 2.03 bits per heavy atom. The molecular weight excluding hydrogens is 373 g/mol. The van der Waals surface area contributed by atoms with E-state index >= 15 is 0 Å². The number of hydrogen-bond acceptors (Lipinski definition) is 5. The Labute approximate surface area is 166 Å². The Morgan fingerprint density at radius 1 is 1.24 bits per heavy atom. The number of carbonyl (C=O) groups excluding carboxylic acids is 1. The van der Waals surface area contributed by atoms with Crippen LogP contribution in [0.15, 0.2) is 37.2 Å². The maximum absolute atomic E-state index is 13.8. The third kappa shape index (κ3) is 3.70. The maximum atomic E-state index is 13.8. The summed E-state index contributed by atoms with van der Waals surface area (Å²) in [6, 6.07) is 1.27. The SMILES string of the molecule is CC(CC(=O)OC(C)(C)C)n1cc(-c2c[nH]c3ncc(F)cc23)c2cncnc21. The molecule has 7 nitrogen and oxygen atoms in total. The second-order valence-electron chi connectivity index (χ2n) is 8.10. The Kier molecular flexibility index (Phi) is 4.56. The standard InChI is InChI=1S/C21H22FN5O2/c1-12(5-18(28)29-21(2,3)4)27-10-17(16-8-23-11-26-20(16)27)15-9-25-19-14(15)6-13(22)7-24-19/h6-12H,5H2,1-4H3,(H,24,25). The Bertz CT molecular complexity index is 1200. The van der Waals surface area contributed by atoms with Gasteiger partial charge in [-0.2, -0.15) is 0 Å². The molecule has 1 N–H and O–H groups in total. The van der Waals surface area contributed by atoms with Gasteiger partial charge in [-0.3, -0.25) is 4.79 Å². The van der Waals surface area contributed by atoms with Crippen LogP contribution < -0.4 is 0 Å². The molecule has 4 heterocycles. The summed E-state index contributed by atoms with van der Waals surface area (Å²) in [5, 5.41) is 1.49. The number of aromatic nitrogens is 5. The van der Waals surface area contributed by atoms with E-state index in [1.54, 1.807) is 12.4 Å². The van der Waals surface area contributed by atoms with Crippen molar-refractivity contribution in [2.75, 3.05) is 0 Å². The zero-order valence-corrected chi connectivity index (χ0v) is 16.7. The van der Waals surface area contributed by atoms with E-state index in [-0.39, 0.29) is 18.4 Å². The smallest absolute Gasteiger partial charge is 0.308 e. The normalized spacial score (nSPS) is 13.1. The summed E-state index contributed by atoms with van der Waals surface area (Å²) in [4.78, 5) is 28.0. The van der Waals surface area contributed by atoms with E-state index in [1.807, 2.05) is 38.5 Å². The van der Waals surface area contributed by atoms with E-state index in [0.717, 1.165) is 16.5 Å². The third-order valence-electron chi connectivity index (χ3n) is 4.64. The molecule has 150 valence electrons. The van der Waals surface area contributed by atoms with Crippen molar-refractivity contribution in [3.05, 3.63) is 43.0 Å². The predicted molar refractivity (Wildman–Crippen MR) is 108 cm³/mol. The summed E-state index contributed by atoms with van der Waals surface area (Å²) >= 11 is 0. The minimum absolute atomic E-state index is 0.184. The van der Waals surface area contributed by atoms with Gasteiger partial charge in [0, 0.05) is 46.5 Å². The van der Waals surface area contributed by atoms with Crippen LogP contribution in [-0.4, -0.2) is 36.1 Å². The van der Waals surface area contributed by atoms with Crippen LogP contribution in [0.3, 0.4) is 0 Å². The molecule has 0 aliphatic heterocycles. The number of halogens is 1. The van der Waals surface area contributed by atoms with E-state index in [2.05, 4.69) is 19.9 Å². The molecule has 0 spiro atoms. The van der Waals surface area contributed by atoms with Gasteiger partial charge in [0.25, 0.3) is 0 Å². The summed E-state index contributed by atoms with van der Waals surface area (Å²) < 4.78 is 21.2. The van der Waals surface area contributed by atoms with Crippen molar-refractivity contribution in [1.29, 1.82) is 0 Å². The number of esters is 1. The molecule has 29 heavy (non-hydrogen) atoms. The van der Waals surface area contributed by atoms with Gasteiger partial charge in [0.15, 0.2) is 0 Å². The Morgan fingerprint density at radius 3 is 2.79 bits per heavy atom. The van der Waals surface area contributed by atoms with Gasteiger partial charge in [0.2, 0.25) is 0 Å². The number of ether oxygens (including phenoxy) is 1. The largest absolute Gasteiger partial charge is 0.460 e. The van der Waals surface area contributed by atoms with Crippen molar-refractivity contribution in [3.63, 3.8) is 0 Å². The lowest BCUT2D eigenvalue weighted by Crippen LogP contribution is -2.25. The molecule has 8 heteroatoms. The van der Waals surface area contributed by atoms with Gasteiger partial charge in [0.05, 0.1) is 12.6 Å². The Balaban J connectivity index is 1.78. The highest BCUT2D eigenvalue weighted by molar-refractivity contribution is 6.03. The molecule has 1 atom stereocenters. The van der Waals surface area contributed by atoms with Crippen molar-refractivity contribution in [2.45, 2.75) is 45.8 Å². The van der Waals surface area contributed by atoms with E-state index in [4.69, 9.17) is 4.74 Å². The molecule has 0 saturated heterocycles. The Hall–Kier alpha value is -3.29. The fraction of sp³-hybridized carbons (Fsp3) is 0.333. The number of nitrogens with one attached hydrogen (secondary N) is 1. The van der Waals surface area contributed by atoms with Crippen LogP contribution in [0.25, 0.3) is 33.2 Å². The van der Waals surface area contributed by atoms with Crippen LogP contribution in [-0.2, 0) is 9.53 Å². The summed E-state index contributed by atoms with van der Waals surface area (Å²) in [5.41, 5.74) is 2.40. The number of aromatic amines is 1. The molecule has 0 aliphatic carbocycles. The van der Waals surface area contributed by atoms with Crippen molar-refractivity contribution < 1.29 is 13.9 Å². The van der Waals surface area contributed by atoms with Gasteiger partial charge in [-0.1, -0.05) is 0 Å². The van der Waals surface area contributed by atoms with E-state index in [1.165, 1.54) is 18.6 Å². The molecule has 4 aromatic rings. The lowest BCUT2D eigenvalue weighted by molar-refractivity contribution is -0.155. The predicted octanol–water partition coefficient (Wildman–Crippen LogP) is 4.41. The van der Waals surface area contributed by atoms with Crippen LogP contribution in [0.4, 0.5) is 4.39 Å². The minimum Gasteiger partial charge on any atom is -0.460 e. The second kappa shape index (κ2) is 6.95. The number of fused-ring (bicyclic) bond motifs is 2. The molecule has 4 aromatic heterocycles. The first-order valence-corrected chi connectivity index (χ1v) is 9.38. The summed E-state index contributed by atoms with van der Waals surface area (Å²) in [6.45, 7) is 7.47. The molecule has 0 saturated carbocycles. The highest BCUT2D eigenvalue weighted by Gasteiger charge is 2.22. The number of carbonyl (C=O) groups is 1. The van der Waals surface area contributed by atoms with Crippen molar-refractivity contribution >= 4 is 28.0 Å². The molecule has 0 radical (unpaired) electrons.